The Hall–Kier alpha value is -0.650. The molecule has 96 valence electrons. The lowest BCUT2D eigenvalue weighted by atomic mass is 10.0. The molecule has 0 aromatic carbocycles. The minimum Gasteiger partial charge on any atom is -0.481 e. The highest BCUT2D eigenvalue weighted by molar-refractivity contribution is 5.66. The highest BCUT2D eigenvalue weighted by Gasteiger charge is 2.19. The highest BCUT2D eigenvalue weighted by Crippen LogP contribution is 2.18. The van der Waals surface area contributed by atoms with Gasteiger partial charge >= 0.3 is 5.97 Å². The molecular weight excluding hydrogens is 212 g/mol. The summed E-state index contributed by atoms with van der Waals surface area (Å²) in [5.74, 6) is -0.783. The maximum absolute atomic E-state index is 10.3. The first kappa shape index (κ1) is 15.3. The van der Waals surface area contributed by atoms with E-state index >= 15 is 0 Å². The van der Waals surface area contributed by atoms with E-state index in [1.165, 1.54) is 0 Å². The second kappa shape index (κ2) is 7.60. The van der Waals surface area contributed by atoms with Crippen LogP contribution in [0.15, 0.2) is 0 Å². The molecule has 1 atom stereocenters. The number of carboxylic acid groups (broad SMARTS) is 1. The lowest BCUT2D eigenvalue weighted by molar-refractivity contribution is -0.137. The third-order valence-corrected chi connectivity index (χ3v) is 2.30. The summed E-state index contributed by atoms with van der Waals surface area (Å²) in [5, 5.41) is 26.2. The van der Waals surface area contributed by atoms with Gasteiger partial charge in [0.15, 0.2) is 0 Å². The maximum atomic E-state index is 10.3. The third-order valence-electron chi connectivity index (χ3n) is 2.30. The molecular formula is C11H22O5. The molecule has 0 spiro atoms. The van der Waals surface area contributed by atoms with Crippen LogP contribution in [0.5, 0.6) is 0 Å². The Morgan fingerprint density at radius 1 is 1.38 bits per heavy atom. The minimum absolute atomic E-state index is 0.0996. The fourth-order valence-electron chi connectivity index (χ4n) is 1.27. The number of carbonyl (C=O) groups is 1. The van der Waals surface area contributed by atoms with Crippen LogP contribution in [0.2, 0.25) is 0 Å². The molecule has 0 fully saturated rings. The van der Waals surface area contributed by atoms with E-state index in [4.69, 9.17) is 20.1 Å². The Kier molecular flexibility index (Phi) is 7.29. The van der Waals surface area contributed by atoms with Gasteiger partial charge in [0.2, 0.25) is 0 Å². The van der Waals surface area contributed by atoms with Gasteiger partial charge < -0.3 is 20.1 Å². The quantitative estimate of drug-likeness (QED) is 0.513. The van der Waals surface area contributed by atoms with E-state index in [1.54, 1.807) is 0 Å². The van der Waals surface area contributed by atoms with E-state index in [1.807, 2.05) is 13.8 Å². The summed E-state index contributed by atoms with van der Waals surface area (Å²) < 4.78 is 5.43. The second-order valence-corrected chi connectivity index (χ2v) is 4.51. The predicted molar refractivity (Wildman–Crippen MR) is 59.2 cm³/mol. The number of ether oxygens (including phenoxy) is 1. The van der Waals surface area contributed by atoms with Crippen LogP contribution in [0.4, 0.5) is 0 Å². The van der Waals surface area contributed by atoms with Crippen molar-refractivity contribution in [3.8, 4) is 0 Å². The summed E-state index contributed by atoms with van der Waals surface area (Å²) in [6.07, 6.45) is 1.46. The molecule has 3 N–H and O–H groups in total. The van der Waals surface area contributed by atoms with E-state index in [0.29, 0.717) is 6.42 Å². The maximum Gasteiger partial charge on any atom is 0.303 e. The van der Waals surface area contributed by atoms with Gasteiger partial charge in [-0.05, 0) is 26.7 Å². The lowest BCUT2D eigenvalue weighted by Gasteiger charge is -2.26. The number of hydrogen-bond donors (Lipinski definition) is 3. The molecule has 5 nitrogen and oxygen atoms in total. The van der Waals surface area contributed by atoms with Crippen LogP contribution in [-0.4, -0.2) is 46.2 Å². The molecule has 0 aliphatic rings. The first-order valence-electron chi connectivity index (χ1n) is 5.52. The van der Waals surface area contributed by atoms with Crippen LogP contribution in [0, 0.1) is 0 Å². The molecule has 0 saturated heterocycles. The van der Waals surface area contributed by atoms with Gasteiger partial charge in [-0.2, -0.15) is 0 Å². The van der Waals surface area contributed by atoms with Crippen LogP contribution in [-0.2, 0) is 9.53 Å². The predicted octanol–water partition coefficient (Wildman–Crippen LogP) is 0.780. The number of aliphatic hydroxyl groups excluding tert-OH is 2. The topological polar surface area (TPSA) is 87.0 Å². The van der Waals surface area contributed by atoms with Crippen molar-refractivity contribution in [1.29, 1.82) is 0 Å². The minimum atomic E-state index is -0.849. The van der Waals surface area contributed by atoms with Crippen LogP contribution >= 0.6 is 0 Å². The van der Waals surface area contributed by atoms with Crippen molar-refractivity contribution < 1.29 is 24.9 Å². The largest absolute Gasteiger partial charge is 0.481 e. The van der Waals surface area contributed by atoms with Crippen LogP contribution in [0.1, 0.15) is 39.5 Å². The van der Waals surface area contributed by atoms with Crippen molar-refractivity contribution in [3.63, 3.8) is 0 Å². The molecule has 0 amide bonds. The highest BCUT2D eigenvalue weighted by atomic mass is 16.5. The molecule has 5 heteroatoms. The average molecular weight is 234 g/mol. The number of unbranched alkanes of at least 4 members (excludes halogenated alkanes) is 1. The van der Waals surface area contributed by atoms with E-state index < -0.39 is 17.7 Å². The first-order chi connectivity index (χ1) is 7.37. The molecule has 0 aromatic rings. The van der Waals surface area contributed by atoms with Crippen LogP contribution in [0.25, 0.3) is 0 Å². The monoisotopic (exact) mass is 234 g/mol. The summed E-state index contributed by atoms with van der Waals surface area (Å²) >= 11 is 0. The van der Waals surface area contributed by atoms with Gasteiger partial charge in [0, 0.05) is 6.42 Å². The van der Waals surface area contributed by atoms with Crippen molar-refractivity contribution in [3.05, 3.63) is 0 Å². The van der Waals surface area contributed by atoms with Crippen molar-refractivity contribution in [1.82, 2.24) is 0 Å². The molecule has 0 aliphatic carbocycles. The van der Waals surface area contributed by atoms with E-state index in [9.17, 15) is 4.79 Å². The van der Waals surface area contributed by atoms with Gasteiger partial charge in [-0.3, -0.25) is 4.79 Å². The SMILES string of the molecule is CC(C)(CCCCC(=O)O)OCC(O)CO. The Balaban J connectivity index is 3.65. The Morgan fingerprint density at radius 3 is 2.50 bits per heavy atom. The van der Waals surface area contributed by atoms with Gasteiger partial charge in [0.1, 0.15) is 6.10 Å². The second-order valence-electron chi connectivity index (χ2n) is 4.51. The summed E-state index contributed by atoms with van der Waals surface area (Å²) in [6, 6.07) is 0. The molecule has 0 aromatic heterocycles. The Morgan fingerprint density at radius 2 is 2.00 bits per heavy atom. The van der Waals surface area contributed by atoms with Crippen LogP contribution in [0.3, 0.4) is 0 Å². The zero-order chi connectivity index (χ0) is 12.6. The van der Waals surface area contributed by atoms with E-state index in [2.05, 4.69) is 0 Å². The number of aliphatic carboxylic acids is 1. The van der Waals surface area contributed by atoms with Gasteiger partial charge in [0.25, 0.3) is 0 Å². The number of rotatable bonds is 9. The molecule has 0 radical (unpaired) electrons. The molecule has 16 heavy (non-hydrogen) atoms. The molecule has 0 aliphatic heterocycles. The smallest absolute Gasteiger partial charge is 0.303 e. The zero-order valence-electron chi connectivity index (χ0n) is 9.98. The molecule has 0 saturated carbocycles. The molecule has 0 rings (SSSR count). The fraction of sp³-hybridized carbons (Fsp3) is 0.909. The van der Waals surface area contributed by atoms with E-state index in [-0.39, 0.29) is 19.6 Å². The summed E-state index contributed by atoms with van der Waals surface area (Å²) in [7, 11) is 0. The van der Waals surface area contributed by atoms with Crippen molar-refractivity contribution in [2.45, 2.75) is 51.2 Å². The molecule has 0 heterocycles. The van der Waals surface area contributed by atoms with Crippen molar-refractivity contribution in [2.75, 3.05) is 13.2 Å². The number of hydrogen-bond acceptors (Lipinski definition) is 4. The zero-order valence-corrected chi connectivity index (χ0v) is 9.98. The summed E-state index contributed by atoms with van der Waals surface area (Å²) in [6.45, 7) is 3.56. The van der Waals surface area contributed by atoms with Gasteiger partial charge in [0.05, 0.1) is 18.8 Å². The fourth-order valence-corrected chi connectivity index (χ4v) is 1.27. The third kappa shape index (κ3) is 8.64. The van der Waals surface area contributed by atoms with E-state index in [0.717, 1.165) is 12.8 Å². The summed E-state index contributed by atoms with van der Waals surface area (Å²) in [4.78, 5) is 10.3. The normalized spacial score (nSPS) is 13.8. The lowest BCUT2D eigenvalue weighted by Crippen LogP contribution is -2.30. The number of carboxylic acids is 1. The van der Waals surface area contributed by atoms with Crippen molar-refractivity contribution >= 4 is 5.97 Å². The van der Waals surface area contributed by atoms with Gasteiger partial charge in [-0.15, -0.1) is 0 Å². The average Bonchev–Trinajstić information content (AvgIpc) is 2.21. The molecule has 1 unspecified atom stereocenters. The van der Waals surface area contributed by atoms with Gasteiger partial charge in [-0.25, -0.2) is 0 Å². The summed E-state index contributed by atoms with van der Waals surface area (Å²) in [5.41, 5.74) is -0.394. The standard InChI is InChI=1S/C11H22O5/c1-11(2,16-8-9(13)7-12)6-4-3-5-10(14)15/h9,12-13H,3-8H2,1-2H3,(H,14,15). The van der Waals surface area contributed by atoms with Crippen molar-refractivity contribution in [2.24, 2.45) is 0 Å². The Labute approximate surface area is 96.0 Å². The van der Waals surface area contributed by atoms with Crippen LogP contribution < -0.4 is 0 Å². The molecule has 0 bridgehead atoms. The number of aliphatic hydroxyl groups is 2. The first-order valence-corrected chi connectivity index (χ1v) is 5.52. The Bertz CT molecular complexity index is 203. The van der Waals surface area contributed by atoms with Gasteiger partial charge in [-0.1, -0.05) is 6.42 Å².